The topological polar surface area (TPSA) is 57.4 Å². The van der Waals surface area contributed by atoms with Crippen molar-refractivity contribution in [2.75, 3.05) is 0 Å². The molecule has 3 aromatic rings. The molecular formula is C36H28F14N4Si2. The Labute approximate surface area is 311 Å². The third-order valence-corrected chi connectivity index (χ3v) is 9.76. The fourth-order valence-electron chi connectivity index (χ4n) is 5.30. The molecule has 0 saturated heterocycles. The fourth-order valence-corrected chi connectivity index (χ4v) is 6.30. The van der Waals surface area contributed by atoms with Crippen molar-refractivity contribution >= 4 is 62.5 Å². The van der Waals surface area contributed by atoms with Gasteiger partial charge >= 0.3 is 36.0 Å². The van der Waals surface area contributed by atoms with Crippen molar-refractivity contribution in [3.05, 3.63) is 69.3 Å². The van der Waals surface area contributed by atoms with Gasteiger partial charge in [0.25, 0.3) is 0 Å². The van der Waals surface area contributed by atoms with E-state index in [-0.39, 0.29) is 11.1 Å². The van der Waals surface area contributed by atoms with Gasteiger partial charge in [0.2, 0.25) is 0 Å². The van der Waals surface area contributed by atoms with Gasteiger partial charge in [0.15, 0.2) is 0 Å². The summed E-state index contributed by atoms with van der Waals surface area (Å²) < 4.78 is 204. The molecule has 2 N–H and O–H groups in total. The zero-order chi connectivity index (χ0) is 42.2. The normalized spacial score (nSPS) is 14.4. The van der Waals surface area contributed by atoms with Gasteiger partial charge in [-0.2, -0.15) is 61.5 Å². The van der Waals surface area contributed by atoms with Gasteiger partial charge < -0.3 is 9.97 Å². The fraction of sp³-hybridized carbons (Fsp3) is 0.333. The molecule has 2 aliphatic rings. The molecule has 0 aromatic carbocycles. The summed E-state index contributed by atoms with van der Waals surface area (Å²) in [6.07, 6.45) is -10.4. The van der Waals surface area contributed by atoms with E-state index in [0.29, 0.717) is 24.3 Å². The van der Waals surface area contributed by atoms with E-state index in [1.165, 1.54) is 0 Å². The summed E-state index contributed by atoms with van der Waals surface area (Å²) in [4.78, 5) is 12.5. The van der Waals surface area contributed by atoms with Crippen LogP contribution in [-0.2, 0) is 11.8 Å². The Bertz CT molecular complexity index is 2280. The van der Waals surface area contributed by atoms with Gasteiger partial charge in [-0.15, -0.1) is 11.1 Å². The molecule has 8 bridgehead atoms. The average molecular weight is 839 g/mol. The molecule has 0 aliphatic carbocycles. The zero-order valence-corrected chi connectivity index (χ0v) is 31.8. The van der Waals surface area contributed by atoms with Crippen molar-refractivity contribution in [1.29, 1.82) is 0 Å². The van der Waals surface area contributed by atoms with Gasteiger partial charge in [-0.05, 0) is 48.6 Å². The van der Waals surface area contributed by atoms with Crippen LogP contribution in [0.25, 0.3) is 46.4 Å². The van der Waals surface area contributed by atoms with Crippen LogP contribution in [0.2, 0.25) is 39.3 Å². The lowest BCUT2D eigenvalue weighted by molar-refractivity contribution is -0.359. The minimum atomic E-state index is -6.76. The number of H-pyrrole nitrogens is 2. The van der Waals surface area contributed by atoms with Crippen molar-refractivity contribution in [3.8, 4) is 22.9 Å². The second kappa shape index (κ2) is 13.4. The summed E-state index contributed by atoms with van der Waals surface area (Å²) in [5, 5.41) is 0. The maximum atomic E-state index is 15.8. The summed E-state index contributed by atoms with van der Waals surface area (Å²) >= 11 is 0. The standard InChI is InChI=1S/C36H28F14N4Si2/c1-55(2,3)17-15-19-21-7-11-25(51-21)29(31(37,38)33(41,42)35(45,46)47)27-13-9-23(53-27)20(16-18-56(4,5)6)24-10-14-28(54-24)30(26-12-8-22(19)52-26)32(39,40)34(43,44)36(48,49)50/h7-14,51,54H,1-6H3. The van der Waals surface area contributed by atoms with Crippen LogP contribution in [0.15, 0.2) is 24.3 Å². The lowest BCUT2D eigenvalue weighted by atomic mass is 10.00. The Morgan fingerprint density at radius 1 is 0.446 bits per heavy atom. The lowest BCUT2D eigenvalue weighted by Gasteiger charge is -2.28. The number of nitrogens with zero attached hydrogens (tertiary/aromatic N) is 2. The number of aromatic amines is 2. The third kappa shape index (κ3) is 7.52. The Hall–Kier alpha value is -4.83. The number of fused-ring (bicyclic) bond motifs is 8. The predicted octanol–water partition coefficient (Wildman–Crippen LogP) is 11.7. The van der Waals surface area contributed by atoms with Crippen LogP contribution in [-0.4, -0.2) is 60.3 Å². The maximum Gasteiger partial charge on any atom is 0.460 e. The zero-order valence-electron chi connectivity index (χ0n) is 29.8. The Balaban J connectivity index is 2.12. The Morgan fingerprint density at radius 2 is 0.732 bits per heavy atom. The van der Waals surface area contributed by atoms with E-state index in [0.717, 1.165) is 24.3 Å². The van der Waals surface area contributed by atoms with Crippen LogP contribution < -0.4 is 0 Å². The summed E-state index contributed by atoms with van der Waals surface area (Å²) in [5.74, 6) is -20.0. The van der Waals surface area contributed by atoms with Gasteiger partial charge in [0.1, 0.15) is 16.1 Å². The van der Waals surface area contributed by atoms with Crippen LogP contribution in [0.4, 0.5) is 61.5 Å². The highest BCUT2D eigenvalue weighted by Crippen LogP contribution is 2.55. The Morgan fingerprint density at radius 3 is 1.02 bits per heavy atom. The molecule has 0 saturated carbocycles. The smallest absolute Gasteiger partial charge is 0.354 e. The molecule has 20 heteroatoms. The van der Waals surface area contributed by atoms with Gasteiger partial charge in [0.05, 0.1) is 67.1 Å². The Kier molecular flexibility index (Phi) is 10.1. The van der Waals surface area contributed by atoms with Gasteiger partial charge in [-0.3, -0.25) is 0 Å². The van der Waals surface area contributed by atoms with E-state index in [4.69, 9.17) is 0 Å². The van der Waals surface area contributed by atoms with E-state index in [1.54, 1.807) is 39.3 Å². The van der Waals surface area contributed by atoms with Crippen molar-refractivity contribution < 1.29 is 61.5 Å². The van der Waals surface area contributed by atoms with Crippen LogP contribution >= 0.6 is 0 Å². The van der Waals surface area contributed by atoms with Gasteiger partial charge in [-0.25, -0.2) is 9.97 Å². The second-order valence-electron chi connectivity index (χ2n) is 14.8. The molecule has 0 spiro atoms. The van der Waals surface area contributed by atoms with Crippen molar-refractivity contribution in [2.24, 2.45) is 0 Å². The number of aromatic nitrogens is 4. The van der Waals surface area contributed by atoms with E-state index in [9.17, 15) is 43.9 Å². The average Bonchev–Trinajstić information content (AvgIpc) is 3.85. The number of halogens is 14. The molecule has 0 amide bonds. The molecule has 0 atom stereocenters. The minimum Gasteiger partial charge on any atom is -0.354 e. The molecule has 2 aliphatic heterocycles. The monoisotopic (exact) mass is 838 g/mol. The first-order valence-electron chi connectivity index (χ1n) is 16.2. The predicted molar refractivity (Wildman–Crippen MR) is 189 cm³/mol. The second-order valence-corrected chi connectivity index (χ2v) is 24.3. The van der Waals surface area contributed by atoms with Gasteiger partial charge in [-0.1, -0.05) is 51.1 Å². The largest absolute Gasteiger partial charge is 0.460 e. The number of rotatable bonds is 4. The number of hydrogen-bond donors (Lipinski definition) is 2. The number of alkyl halides is 14. The molecule has 5 rings (SSSR count). The van der Waals surface area contributed by atoms with Crippen molar-refractivity contribution in [1.82, 2.24) is 19.9 Å². The third-order valence-electron chi connectivity index (χ3n) is 8.01. The van der Waals surface area contributed by atoms with E-state index in [2.05, 4.69) is 42.9 Å². The summed E-state index contributed by atoms with van der Waals surface area (Å²) in [6, 6.07) is 3.26. The molecule has 0 fully saturated rings. The maximum absolute atomic E-state index is 15.8. The van der Waals surface area contributed by atoms with Crippen molar-refractivity contribution in [2.45, 2.75) is 75.3 Å². The number of hydrogen-bond acceptors (Lipinski definition) is 2. The molecule has 3 aromatic heterocycles. The van der Waals surface area contributed by atoms with Gasteiger partial charge in [0, 0.05) is 0 Å². The SMILES string of the molecule is C[Si](C)(C)C#Cc1c2nc(c(C(F)(F)C(F)(F)C(F)(F)F)c3ccc([nH]3)c(C#C[Si](C)(C)C)c3nc(c(C(F)(F)C(F)(F)C(F)(F)F)c4ccc1[nH]4)C=C3)C=C2. The van der Waals surface area contributed by atoms with Crippen molar-refractivity contribution in [3.63, 3.8) is 0 Å². The molecule has 5 heterocycles. The van der Waals surface area contributed by atoms with E-state index < -0.39 is 108 Å². The molecule has 56 heavy (non-hydrogen) atoms. The first-order valence-corrected chi connectivity index (χ1v) is 23.2. The highest BCUT2D eigenvalue weighted by Gasteiger charge is 2.75. The van der Waals surface area contributed by atoms with E-state index in [1.807, 2.05) is 0 Å². The highest BCUT2D eigenvalue weighted by atomic mass is 28.3. The molecule has 0 unspecified atom stereocenters. The minimum absolute atomic E-state index is 0.381. The van der Waals surface area contributed by atoms with Crippen LogP contribution in [0.3, 0.4) is 0 Å². The summed E-state index contributed by atoms with van der Waals surface area (Å²) in [5.41, 5.74) is -4.92. The molecule has 4 nitrogen and oxygen atoms in total. The molecule has 0 radical (unpaired) electrons. The summed E-state index contributed by atoms with van der Waals surface area (Å²) in [6.45, 7) is 10.3. The van der Waals surface area contributed by atoms with E-state index >= 15 is 17.6 Å². The number of nitrogens with one attached hydrogen (secondary N) is 2. The lowest BCUT2D eigenvalue weighted by Crippen LogP contribution is -2.50. The molecule has 298 valence electrons. The van der Waals surface area contributed by atoms with Crippen LogP contribution in [0.5, 0.6) is 0 Å². The van der Waals surface area contributed by atoms with Crippen LogP contribution in [0, 0.1) is 22.9 Å². The van der Waals surface area contributed by atoms with Crippen LogP contribution in [0.1, 0.15) is 45.0 Å². The quantitative estimate of drug-likeness (QED) is 0.108. The molecular weight excluding hydrogens is 811 g/mol. The summed E-state index contributed by atoms with van der Waals surface area (Å²) in [7, 11) is -4.86. The first kappa shape index (κ1) is 42.3. The first-order chi connectivity index (χ1) is 25.3. The highest BCUT2D eigenvalue weighted by molar-refractivity contribution is 6.84.